The number of hydrogen-bond donors (Lipinski definition) is 2. The SMILES string of the molecule is O=C1CCC(N2Cc3ccc(CN4CCNCC4c4ccccn4)cc3C2=O)C(=O)N1. The van der Waals surface area contributed by atoms with Gasteiger partial charge in [-0.25, -0.2) is 0 Å². The van der Waals surface area contributed by atoms with Gasteiger partial charge in [-0.2, -0.15) is 0 Å². The average Bonchev–Trinajstić information content (AvgIpc) is 3.11. The maximum atomic E-state index is 13.1. The number of nitrogens with one attached hydrogen (secondary N) is 2. The van der Waals surface area contributed by atoms with Crippen LogP contribution >= 0.6 is 0 Å². The fourth-order valence-corrected chi connectivity index (χ4v) is 4.74. The number of amides is 3. The molecule has 3 amide bonds. The van der Waals surface area contributed by atoms with Crippen molar-refractivity contribution >= 4 is 17.7 Å². The Bertz CT molecular complexity index is 1030. The Morgan fingerprint density at radius 1 is 1.10 bits per heavy atom. The summed E-state index contributed by atoms with van der Waals surface area (Å²) in [6.07, 6.45) is 2.46. The van der Waals surface area contributed by atoms with E-state index in [1.165, 1.54) is 0 Å². The van der Waals surface area contributed by atoms with Gasteiger partial charge in [-0.1, -0.05) is 18.2 Å². The van der Waals surface area contributed by atoms with Crippen molar-refractivity contribution in [2.45, 2.75) is 38.0 Å². The van der Waals surface area contributed by atoms with Crippen molar-refractivity contribution in [1.29, 1.82) is 0 Å². The first kappa shape index (κ1) is 19.8. The molecule has 2 unspecified atom stereocenters. The van der Waals surface area contributed by atoms with Gasteiger partial charge >= 0.3 is 0 Å². The number of piperazine rings is 1. The number of fused-ring (bicyclic) bond motifs is 1. The van der Waals surface area contributed by atoms with Crippen molar-refractivity contribution in [3.8, 4) is 0 Å². The van der Waals surface area contributed by atoms with Gasteiger partial charge in [0.1, 0.15) is 6.04 Å². The quantitative estimate of drug-likeness (QED) is 0.718. The van der Waals surface area contributed by atoms with E-state index in [1.54, 1.807) is 4.90 Å². The number of pyridine rings is 1. The van der Waals surface area contributed by atoms with Gasteiger partial charge < -0.3 is 10.2 Å². The number of carbonyl (C=O) groups excluding carboxylic acids is 3. The van der Waals surface area contributed by atoms with Crippen LogP contribution in [-0.2, 0) is 22.7 Å². The maximum absolute atomic E-state index is 13.1. The van der Waals surface area contributed by atoms with E-state index in [9.17, 15) is 14.4 Å². The number of imide groups is 1. The molecule has 3 aliphatic rings. The van der Waals surface area contributed by atoms with Crippen LogP contribution in [0.15, 0.2) is 42.6 Å². The molecule has 0 bridgehead atoms. The second-order valence-electron chi connectivity index (χ2n) is 8.34. The molecule has 4 heterocycles. The van der Waals surface area contributed by atoms with Crippen molar-refractivity contribution in [1.82, 2.24) is 25.4 Å². The van der Waals surface area contributed by atoms with Gasteiger partial charge in [-0.3, -0.25) is 29.6 Å². The first-order valence-electron chi connectivity index (χ1n) is 10.7. The Kier molecular flexibility index (Phi) is 5.25. The van der Waals surface area contributed by atoms with Crippen molar-refractivity contribution < 1.29 is 14.4 Å². The molecular formula is C23H25N5O3. The minimum atomic E-state index is -0.581. The van der Waals surface area contributed by atoms with Crippen LogP contribution < -0.4 is 10.6 Å². The minimum absolute atomic E-state index is 0.132. The molecule has 0 radical (unpaired) electrons. The van der Waals surface area contributed by atoms with Crippen LogP contribution in [0.2, 0.25) is 0 Å². The predicted molar refractivity (Wildman–Crippen MR) is 113 cm³/mol. The van der Waals surface area contributed by atoms with Gasteiger partial charge in [0.2, 0.25) is 11.8 Å². The Balaban J connectivity index is 1.33. The van der Waals surface area contributed by atoms with Gasteiger partial charge in [-0.05, 0) is 35.7 Å². The molecule has 0 aliphatic carbocycles. The van der Waals surface area contributed by atoms with Gasteiger partial charge in [0.25, 0.3) is 5.91 Å². The first-order valence-corrected chi connectivity index (χ1v) is 10.7. The van der Waals surface area contributed by atoms with Gasteiger partial charge in [0.15, 0.2) is 0 Å². The first-order chi connectivity index (χ1) is 15.1. The van der Waals surface area contributed by atoms with Crippen LogP contribution in [0.4, 0.5) is 0 Å². The number of nitrogens with zero attached hydrogens (tertiary/aromatic N) is 3. The van der Waals surface area contributed by atoms with E-state index in [0.29, 0.717) is 18.5 Å². The fraction of sp³-hybridized carbons (Fsp3) is 0.391. The number of benzene rings is 1. The van der Waals surface area contributed by atoms with Crippen molar-refractivity contribution in [2.75, 3.05) is 19.6 Å². The largest absolute Gasteiger partial charge is 0.322 e. The van der Waals surface area contributed by atoms with E-state index >= 15 is 0 Å². The molecule has 2 fully saturated rings. The number of carbonyl (C=O) groups is 3. The van der Waals surface area contributed by atoms with E-state index in [0.717, 1.165) is 43.0 Å². The molecule has 1 aromatic carbocycles. The second-order valence-corrected chi connectivity index (χ2v) is 8.34. The number of piperidine rings is 1. The molecule has 0 spiro atoms. The topological polar surface area (TPSA) is 94.6 Å². The molecule has 2 atom stereocenters. The summed E-state index contributed by atoms with van der Waals surface area (Å²) in [6.45, 7) is 3.78. The Morgan fingerprint density at radius 3 is 2.81 bits per heavy atom. The zero-order valence-corrected chi connectivity index (χ0v) is 17.2. The highest BCUT2D eigenvalue weighted by Crippen LogP contribution is 2.29. The summed E-state index contributed by atoms with van der Waals surface area (Å²) in [5.74, 6) is -0.782. The lowest BCUT2D eigenvalue weighted by Gasteiger charge is -2.36. The lowest BCUT2D eigenvalue weighted by molar-refractivity contribution is -0.136. The summed E-state index contributed by atoms with van der Waals surface area (Å²) in [6, 6.07) is 11.6. The molecular weight excluding hydrogens is 394 g/mol. The minimum Gasteiger partial charge on any atom is -0.322 e. The number of aromatic nitrogens is 1. The summed E-state index contributed by atoms with van der Waals surface area (Å²) < 4.78 is 0. The monoisotopic (exact) mass is 419 g/mol. The summed E-state index contributed by atoms with van der Waals surface area (Å²) in [7, 11) is 0. The third-order valence-electron chi connectivity index (χ3n) is 6.36. The fourth-order valence-electron chi connectivity index (χ4n) is 4.74. The van der Waals surface area contributed by atoms with Crippen molar-refractivity contribution in [2.24, 2.45) is 0 Å². The van der Waals surface area contributed by atoms with Gasteiger partial charge in [-0.15, -0.1) is 0 Å². The van der Waals surface area contributed by atoms with E-state index in [4.69, 9.17) is 0 Å². The Morgan fingerprint density at radius 2 is 2.00 bits per heavy atom. The zero-order valence-electron chi connectivity index (χ0n) is 17.2. The van der Waals surface area contributed by atoms with Gasteiger partial charge in [0.05, 0.1) is 11.7 Å². The van der Waals surface area contributed by atoms with E-state index in [2.05, 4.69) is 32.7 Å². The van der Waals surface area contributed by atoms with Crippen LogP contribution in [0.25, 0.3) is 0 Å². The summed E-state index contributed by atoms with van der Waals surface area (Å²) in [5.41, 5.74) is 3.70. The Hall–Kier alpha value is -3.10. The van der Waals surface area contributed by atoms with Crippen LogP contribution in [0, 0.1) is 0 Å². The molecule has 8 heteroatoms. The van der Waals surface area contributed by atoms with Crippen LogP contribution in [0.5, 0.6) is 0 Å². The highest BCUT2D eigenvalue weighted by molar-refractivity contribution is 6.05. The lowest BCUT2D eigenvalue weighted by atomic mass is 10.0. The molecule has 2 saturated heterocycles. The Labute approximate surface area is 180 Å². The third-order valence-corrected chi connectivity index (χ3v) is 6.36. The molecule has 2 aromatic rings. The second kappa shape index (κ2) is 8.20. The van der Waals surface area contributed by atoms with Crippen LogP contribution in [0.1, 0.15) is 46.1 Å². The summed E-state index contributed by atoms with van der Waals surface area (Å²) in [5, 5.41) is 5.79. The molecule has 2 N–H and O–H groups in total. The van der Waals surface area contributed by atoms with Crippen LogP contribution in [-0.4, -0.2) is 58.2 Å². The molecule has 5 rings (SSSR count). The maximum Gasteiger partial charge on any atom is 0.255 e. The molecule has 3 aliphatic heterocycles. The molecule has 1 aromatic heterocycles. The average molecular weight is 419 g/mol. The molecule has 31 heavy (non-hydrogen) atoms. The highest BCUT2D eigenvalue weighted by Gasteiger charge is 2.39. The molecule has 0 saturated carbocycles. The predicted octanol–water partition coefficient (Wildman–Crippen LogP) is 0.989. The van der Waals surface area contributed by atoms with Crippen molar-refractivity contribution in [3.63, 3.8) is 0 Å². The van der Waals surface area contributed by atoms with E-state index in [1.807, 2.05) is 30.5 Å². The van der Waals surface area contributed by atoms with E-state index < -0.39 is 6.04 Å². The number of hydrogen-bond acceptors (Lipinski definition) is 6. The standard InChI is InChI=1S/C23H25N5O3/c29-21-7-6-19(22(30)26-21)28-14-16-5-4-15(11-17(16)23(28)31)13-27-10-9-24-12-20(27)18-3-1-2-8-25-18/h1-5,8,11,19-20,24H,6-7,9-10,12-14H2,(H,26,29,30). The summed E-state index contributed by atoms with van der Waals surface area (Å²) >= 11 is 0. The van der Waals surface area contributed by atoms with Crippen molar-refractivity contribution in [3.05, 3.63) is 65.0 Å². The van der Waals surface area contributed by atoms with Gasteiger partial charge in [0, 0.05) is 50.9 Å². The lowest BCUT2D eigenvalue weighted by Crippen LogP contribution is -2.52. The third kappa shape index (κ3) is 3.84. The molecule has 8 nitrogen and oxygen atoms in total. The van der Waals surface area contributed by atoms with Crippen LogP contribution in [0.3, 0.4) is 0 Å². The highest BCUT2D eigenvalue weighted by atomic mass is 16.2. The zero-order chi connectivity index (χ0) is 21.4. The normalized spacial score (nSPS) is 24.3. The smallest absolute Gasteiger partial charge is 0.255 e. The molecule has 160 valence electrons. The van der Waals surface area contributed by atoms with E-state index in [-0.39, 0.29) is 30.2 Å². The number of rotatable bonds is 4. The summed E-state index contributed by atoms with van der Waals surface area (Å²) in [4.78, 5) is 45.3.